The number of hydrogen-bond acceptors (Lipinski definition) is 2. The first kappa shape index (κ1) is 17.3. The largest absolute Gasteiger partial charge is 1.00 e. The second-order valence-corrected chi connectivity index (χ2v) is 6.72. The van der Waals surface area contributed by atoms with E-state index < -0.39 is 0 Å². The summed E-state index contributed by atoms with van der Waals surface area (Å²) >= 11 is 7.62. The van der Waals surface area contributed by atoms with Crippen LogP contribution in [0.15, 0.2) is 35.7 Å². The molecule has 0 bridgehead atoms. The van der Waals surface area contributed by atoms with Crippen LogP contribution >= 0.6 is 22.9 Å². The Morgan fingerprint density at radius 1 is 1.27 bits per heavy atom. The number of hydrogen-bond donors (Lipinski definition) is 1. The van der Waals surface area contributed by atoms with Gasteiger partial charge in [0, 0.05) is 16.7 Å². The molecule has 1 aliphatic heterocycles. The molecule has 1 fully saturated rings. The average Bonchev–Trinajstić information content (AvgIpc) is 3.03. The quantitative estimate of drug-likeness (QED) is 0.762. The summed E-state index contributed by atoms with van der Waals surface area (Å²) in [7, 11) is 0. The Labute approximate surface area is 145 Å². The third kappa shape index (κ3) is 3.63. The lowest BCUT2D eigenvalue weighted by Gasteiger charge is -2.32. The summed E-state index contributed by atoms with van der Waals surface area (Å²) in [4.78, 5) is 16.5. The van der Waals surface area contributed by atoms with Gasteiger partial charge in [-0.3, -0.25) is 9.69 Å². The SMILES string of the molecule is Cc1ccc(Cl)cc1[NH+]1CCN(C(=O)c2cccs2)CC1.[Cl-]. The first-order chi connectivity index (χ1) is 10.1. The highest BCUT2D eigenvalue weighted by Crippen LogP contribution is 2.17. The van der Waals surface area contributed by atoms with Crippen LogP contribution in [0.5, 0.6) is 0 Å². The highest BCUT2D eigenvalue weighted by atomic mass is 35.5. The molecular weight excluding hydrogens is 339 g/mol. The third-order valence-corrected chi connectivity index (χ3v) is 5.06. The van der Waals surface area contributed by atoms with Gasteiger partial charge in [0.15, 0.2) is 0 Å². The maximum absolute atomic E-state index is 12.3. The molecule has 3 rings (SSSR count). The van der Waals surface area contributed by atoms with Crippen molar-refractivity contribution in [2.45, 2.75) is 6.92 Å². The van der Waals surface area contributed by atoms with Gasteiger partial charge < -0.3 is 17.3 Å². The number of rotatable bonds is 2. The van der Waals surface area contributed by atoms with Crippen molar-refractivity contribution < 1.29 is 22.1 Å². The third-order valence-electron chi connectivity index (χ3n) is 3.97. The first-order valence-corrected chi connectivity index (χ1v) is 8.35. The molecule has 1 aliphatic rings. The Morgan fingerprint density at radius 3 is 2.64 bits per heavy atom. The number of aryl methyl sites for hydroxylation is 1. The molecule has 2 aromatic rings. The number of halogens is 2. The van der Waals surface area contributed by atoms with Gasteiger partial charge in [-0.15, -0.1) is 11.3 Å². The fraction of sp³-hybridized carbons (Fsp3) is 0.312. The van der Waals surface area contributed by atoms with Gasteiger partial charge in [-0.05, 0) is 24.4 Å². The zero-order chi connectivity index (χ0) is 14.8. The fourth-order valence-corrected chi connectivity index (χ4v) is 3.64. The number of carbonyl (C=O) groups is 1. The van der Waals surface area contributed by atoms with Crippen molar-refractivity contribution in [3.05, 3.63) is 51.2 Å². The van der Waals surface area contributed by atoms with Crippen LogP contribution in [0.3, 0.4) is 0 Å². The molecule has 1 aromatic heterocycles. The highest BCUT2D eigenvalue weighted by Gasteiger charge is 2.26. The van der Waals surface area contributed by atoms with E-state index in [1.54, 1.807) is 0 Å². The second kappa shape index (κ2) is 7.47. The van der Waals surface area contributed by atoms with Gasteiger partial charge in [-0.1, -0.05) is 23.7 Å². The zero-order valence-corrected chi connectivity index (χ0v) is 14.6. The van der Waals surface area contributed by atoms with Gasteiger partial charge in [-0.2, -0.15) is 0 Å². The molecule has 1 saturated heterocycles. The van der Waals surface area contributed by atoms with E-state index in [1.165, 1.54) is 27.5 Å². The maximum Gasteiger partial charge on any atom is 0.264 e. The minimum atomic E-state index is 0. The summed E-state index contributed by atoms with van der Waals surface area (Å²) in [5.41, 5.74) is 2.51. The standard InChI is InChI=1S/C16H17ClN2OS.ClH/c1-12-4-5-13(17)11-14(12)18-6-8-19(9-7-18)16(20)15-3-2-10-21-15;/h2-5,10-11H,6-9H2,1H3;1H. The number of benzene rings is 1. The van der Waals surface area contributed by atoms with Crippen molar-refractivity contribution in [2.24, 2.45) is 0 Å². The van der Waals surface area contributed by atoms with E-state index in [2.05, 4.69) is 13.0 Å². The summed E-state index contributed by atoms with van der Waals surface area (Å²) in [6, 6.07) is 9.86. The molecule has 22 heavy (non-hydrogen) atoms. The highest BCUT2D eigenvalue weighted by molar-refractivity contribution is 7.12. The van der Waals surface area contributed by atoms with E-state index in [0.717, 1.165) is 36.1 Å². The molecular formula is C16H18Cl2N2OS. The Kier molecular flexibility index (Phi) is 5.87. The smallest absolute Gasteiger partial charge is 0.264 e. The Hall–Kier alpha value is -1.07. The molecule has 0 aliphatic carbocycles. The van der Waals surface area contributed by atoms with Crippen molar-refractivity contribution >= 4 is 34.5 Å². The summed E-state index contributed by atoms with van der Waals surface area (Å²) in [6.07, 6.45) is 0. The van der Waals surface area contributed by atoms with Gasteiger partial charge in [-0.25, -0.2) is 0 Å². The van der Waals surface area contributed by atoms with Crippen LogP contribution in [0.1, 0.15) is 15.2 Å². The van der Waals surface area contributed by atoms with E-state index in [-0.39, 0.29) is 18.3 Å². The molecule has 2 heterocycles. The predicted molar refractivity (Wildman–Crippen MR) is 86.8 cm³/mol. The first-order valence-electron chi connectivity index (χ1n) is 7.09. The number of carbonyl (C=O) groups excluding carboxylic acids is 1. The number of nitrogens with zero attached hydrogens (tertiary/aromatic N) is 1. The van der Waals surface area contributed by atoms with E-state index in [4.69, 9.17) is 11.6 Å². The predicted octanol–water partition coefficient (Wildman–Crippen LogP) is -0.614. The lowest BCUT2D eigenvalue weighted by molar-refractivity contribution is -0.837. The summed E-state index contributed by atoms with van der Waals surface area (Å²) in [5, 5.41) is 2.73. The van der Waals surface area contributed by atoms with Crippen LogP contribution in [0, 0.1) is 6.92 Å². The maximum atomic E-state index is 12.3. The minimum Gasteiger partial charge on any atom is -1.00 e. The number of thiophene rings is 1. The van der Waals surface area contributed by atoms with Crippen LogP contribution < -0.4 is 17.3 Å². The zero-order valence-electron chi connectivity index (χ0n) is 12.3. The Balaban J connectivity index is 0.00000176. The number of piperazine rings is 1. The van der Waals surface area contributed by atoms with Crippen molar-refractivity contribution in [2.75, 3.05) is 26.2 Å². The molecule has 0 atom stereocenters. The van der Waals surface area contributed by atoms with E-state index >= 15 is 0 Å². The summed E-state index contributed by atoms with van der Waals surface area (Å²) in [5.74, 6) is 0.159. The van der Waals surface area contributed by atoms with Crippen LogP contribution in [-0.2, 0) is 0 Å². The summed E-state index contributed by atoms with van der Waals surface area (Å²) in [6.45, 7) is 5.55. The topological polar surface area (TPSA) is 24.8 Å². The van der Waals surface area contributed by atoms with Gasteiger partial charge in [0.05, 0.1) is 31.1 Å². The van der Waals surface area contributed by atoms with Crippen LogP contribution in [-0.4, -0.2) is 37.0 Å². The molecule has 0 radical (unpaired) electrons. The molecule has 118 valence electrons. The molecule has 0 saturated carbocycles. The van der Waals surface area contributed by atoms with Crippen LogP contribution in [0.25, 0.3) is 0 Å². The molecule has 0 spiro atoms. The van der Waals surface area contributed by atoms with Gasteiger partial charge in [0.25, 0.3) is 5.91 Å². The number of amides is 1. The van der Waals surface area contributed by atoms with Gasteiger partial charge >= 0.3 is 0 Å². The summed E-state index contributed by atoms with van der Waals surface area (Å²) < 4.78 is 0. The molecule has 0 unspecified atom stereocenters. The number of nitrogens with one attached hydrogen (secondary N) is 1. The van der Waals surface area contributed by atoms with Gasteiger partial charge in [0.2, 0.25) is 0 Å². The van der Waals surface area contributed by atoms with Crippen molar-refractivity contribution in [3.8, 4) is 0 Å². The number of quaternary nitrogens is 1. The fourth-order valence-electron chi connectivity index (χ4n) is 2.78. The normalized spacial score (nSPS) is 15.5. The van der Waals surface area contributed by atoms with E-state index in [1.807, 2.05) is 34.5 Å². The lowest BCUT2D eigenvalue weighted by Crippen LogP contribution is -3.10. The molecule has 3 nitrogen and oxygen atoms in total. The second-order valence-electron chi connectivity index (χ2n) is 5.33. The van der Waals surface area contributed by atoms with Crippen molar-refractivity contribution in [3.63, 3.8) is 0 Å². The Bertz CT molecular complexity index is 638. The van der Waals surface area contributed by atoms with E-state index in [9.17, 15) is 4.79 Å². The van der Waals surface area contributed by atoms with Crippen LogP contribution in [0.2, 0.25) is 5.02 Å². The molecule has 1 amide bonds. The molecule has 1 N–H and O–H groups in total. The monoisotopic (exact) mass is 356 g/mol. The van der Waals surface area contributed by atoms with Crippen molar-refractivity contribution in [1.82, 2.24) is 4.90 Å². The van der Waals surface area contributed by atoms with Crippen LogP contribution in [0.4, 0.5) is 5.69 Å². The minimum absolute atomic E-state index is 0. The lowest BCUT2D eigenvalue weighted by atomic mass is 10.1. The van der Waals surface area contributed by atoms with E-state index in [0.29, 0.717) is 0 Å². The Morgan fingerprint density at radius 2 is 2.00 bits per heavy atom. The molecule has 1 aromatic carbocycles. The van der Waals surface area contributed by atoms with Gasteiger partial charge in [0.1, 0.15) is 5.69 Å². The molecule has 6 heteroatoms. The average molecular weight is 357 g/mol. The van der Waals surface area contributed by atoms with Crippen molar-refractivity contribution in [1.29, 1.82) is 0 Å².